The molecule has 0 aromatic heterocycles. The molecule has 2 N–H and O–H groups in total. The van der Waals surface area contributed by atoms with E-state index in [4.69, 9.17) is 4.74 Å². The van der Waals surface area contributed by atoms with Gasteiger partial charge in [0.05, 0.1) is 0 Å². The summed E-state index contributed by atoms with van der Waals surface area (Å²) in [6, 6.07) is 7.73. The minimum absolute atomic E-state index is 0.0511. The molecule has 0 unspecified atom stereocenters. The molecule has 5 heteroatoms. The number of nitrogens with one attached hydrogen (secondary N) is 2. The number of ether oxygens (including phenoxy) is 1. The molecular weight excluding hydrogens is 296 g/mol. The van der Waals surface area contributed by atoms with Crippen LogP contribution in [0.25, 0.3) is 0 Å². The van der Waals surface area contributed by atoms with Gasteiger partial charge in [0.25, 0.3) is 5.91 Å². The molecule has 1 heterocycles. The van der Waals surface area contributed by atoms with Crippen LogP contribution in [0.5, 0.6) is 5.75 Å². The molecule has 1 saturated heterocycles. The van der Waals surface area contributed by atoms with Gasteiger partial charge in [-0.3, -0.25) is 4.79 Å². The maximum absolute atomic E-state index is 11.7. The van der Waals surface area contributed by atoms with Gasteiger partial charge in [0, 0.05) is 10.5 Å². The highest BCUT2D eigenvalue weighted by Crippen LogP contribution is 2.15. The normalized spacial score (nSPS) is 16.3. The van der Waals surface area contributed by atoms with Crippen molar-refractivity contribution in [1.29, 1.82) is 0 Å². The molecule has 0 radical (unpaired) electrons. The van der Waals surface area contributed by atoms with Crippen LogP contribution in [0.1, 0.15) is 12.8 Å². The Morgan fingerprint density at radius 2 is 2.00 bits per heavy atom. The van der Waals surface area contributed by atoms with Crippen molar-refractivity contribution in [3.05, 3.63) is 28.7 Å². The fourth-order valence-electron chi connectivity index (χ4n) is 1.92. The first-order chi connectivity index (χ1) is 8.74. The number of hydrogen-bond donors (Lipinski definition) is 2. The van der Waals surface area contributed by atoms with Crippen molar-refractivity contribution in [2.24, 2.45) is 0 Å². The van der Waals surface area contributed by atoms with Crippen molar-refractivity contribution < 1.29 is 9.53 Å². The highest BCUT2D eigenvalue weighted by Gasteiger charge is 2.15. The summed E-state index contributed by atoms with van der Waals surface area (Å²) >= 11 is 3.35. The molecule has 1 aromatic rings. The van der Waals surface area contributed by atoms with E-state index in [9.17, 15) is 4.79 Å². The number of piperidine rings is 1. The SMILES string of the molecule is O=C(COc1ccc(Br)cc1)NC1CCNCC1. The molecule has 2 rings (SSSR count). The smallest absolute Gasteiger partial charge is 0.258 e. The second kappa shape index (κ2) is 6.75. The third-order valence-corrected chi connectivity index (χ3v) is 3.42. The Morgan fingerprint density at radius 1 is 1.33 bits per heavy atom. The predicted molar refractivity (Wildman–Crippen MR) is 73.7 cm³/mol. The van der Waals surface area contributed by atoms with Crippen LogP contribution >= 0.6 is 15.9 Å². The van der Waals surface area contributed by atoms with Gasteiger partial charge in [0.1, 0.15) is 5.75 Å². The number of benzene rings is 1. The quantitative estimate of drug-likeness (QED) is 0.889. The minimum atomic E-state index is -0.0511. The molecule has 0 saturated carbocycles. The van der Waals surface area contributed by atoms with Crippen molar-refractivity contribution >= 4 is 21.8 Å². The monoisotopic (exact) mass is 312 g/mol. The molecule has 4 nitrogen and oxygen atoms in total. The summed E-state index contributed by atoms with van der Waals surface area (Å²) in [6.45, 7) is 2.02. The third kappa shape index (κ3) is 4.31. The molecular formula is C13H17BrN2O2. The van der Waals surface area contributed by atoms with Crippen molar-refractivity contribution in [3.63, 3.8) is 0 Å². The first-order valence-corrected chi connectivity index (χ1v) is 6.92. The van der Waals surface area contributed by atoms with E-state index in [0.29, 0.717) is 5.75 Å². The molecule has 98 valence electrons. The zero-order chi connectivity index (χ0) is 12.8. The molecule has 0 spiro atoms. The van der Waals surface area contributed by atoms with E-state index in [1.807, 2.05) is 24.3 Å². The Balaban J connectivity index is 1.72. The number of amides is 1. The Labute approximate surface area is 115 Å². The Bertz CT molecular complexity index is 388. The number of carbonyl (C=O) groups is 1. The lowest BCUT2D eigenvalue weighted by Gasteiger charge is -2.23. The highest BCUT2D eigenvalue weighted by atomic mass is 79.9. The Hall–Kier alpha value is -1.07. The lowest BCUT2D eigenvalue weighted by Crippen LogP contribution is -2.44. The van der Waals surface area contributed by atoms with Crippen LogP contribution < -0.4 is 15.4 Å². The van der Waals surface area contributed by atoms with Gasteiger partial charge in [-0.05, 0) is 50.2 Å². The lowest BCUT2D eigenvalue weighted by molar-refractivity contribution is -0.123. The second-order valence-corrected chi connectivity index (χ2v) is 5.25. The zero-order valence-corrected chi connectivity index (χ0v) is 11.7. The number of carbonyl (C=O) groups excluding carboxylic acids is 1. The van der Waals surface area contributed by atoms with E-state index >= 15 is 0 Å². The highest BCUT2D eigenvalue weighted by molar-refractivity contribution is 9.10. The maximum Gasteiger partial charge on any atom is 0.258 e. The average Bonchev–Trinajstić information content (AvgIpc) is 2.39. The summed E-state index contributed by atoms with van der Waals surface area (Å²) in [7, 11) is 0. The molecule has 1 aliphatic rings. The van der Waals surface area contributed by atoms with Crippen LogP contribution in [0.15, 0.2) is 28.7 Å². The van der Waals surface area contributed by atoms with Gasteiger partial charge in [0.2, 0.25) is 0 Å². The molecule has 1 fully saturated rings. The van der Waals surface area contributed by atoms with E-state index in [-0.39, 0.29) is 18.6 Å². The minimum Gasteiger partial charge on any atom is -0.484 e. The molecule has 0 atom stereocenters. The maximum atomic E-state index is 11.7. The second-order valence-electron chi connectivity index (χ2n) is 4.33. The molecule has 0 aliphatic carbocycles. The van der Waals surface area contributed by atoms with Crippen LogP contribution in [0.2, 0.25) is 0 Å². The van der Waals surface area contributed by atoms with E-state index in [1.165, 1.54) is 0 Å². The summed E-state index contributed by atoms with van der Waals surface area (Å²) in [5, 5.41) is 6.25. The van der Waals surface area contributed by atoms with Crippen LogP contribution in [0.4, 0.5) is 0 Å². The van der Waals surface area contributed by atoms with Crippen LogP contribution in [0.3, 0.4) is 0 Å². The number of rotatable bonds is 4. The molecule has 1 aromatic carbocycles. The van der Waals surface area contributed by atoms with Crippen molar-refractivity contribution in [2.75, 3.05) is 19.7 Å². The van der Waals surface area contributed by atoms with E-state index in [1.54, 1.807) is 0 Å². The summed E-state index contributed by atoms with van der Waals surface area (Å²) in [4.78, 5) is 11.7. The Morgan fingerprint density at radius 3 is 2.67 bits per heavy atom. The first kappa shape index (κ1) is 13.4. The average molecular weight is 313 g/mol. The van der Waals surface area contributed by atoms with E-state index < -0.39 is 0 Å². The lowest BCUT2D eigenvalue weighted by atomic mass is 10.1. The molecule has 1 aliphatic heterocycles. The Kier molecular flexibility index (Phi) is 5.01. The van der Waals surface area contributed by atoms with Gasteiger partial charge in [-0.2, -0.15) is 0 Å². The predicted octanol–water partition coefficient (Wildman–Crippen LogP) is 1.70. The molecule has 0 bridgehead atoms. The van der Waals surface area contributed by atoms with Gasteiger partial charge in [-0.15, -0.1) is 0 Å². The summed E-state index contributed by atoms with van der Waals surface area (Å²) in [5.41, 5.74) is 0. The fourth-order valence-corrected chi connectivity index (χ4v) is 2.18. The first-order valence-electron chi connectivity index (χ1n) is 6.12. The van der Waals surface area contributed by atoms with Crippen molar-refractivity contribution in [2.45, 2.75) is 18.9 Å². The zero-order valence-electron chi connectivity index (χ0n) is 10.1. The molecule has 1 amide bonds. The fraction of sp³-hybridized carbons (Fsp3) is 0.462. The van der Waals surface area contributed by atoms with Crippen LogP contribution in [-0.2, 0) is 4.79 Å². The summed E-state index contributed by atoms with van der Waals surface area (Å²) in [5.74, 6) is 0.656. The standard InChI is InChI=1S/C13H17BrN2O2/c14-10-1-3-12(4-2-10)18-9-13(17)16-11-5-7-15-8-6-11/h1-4,11,15H,5-9H2,(H,16,17). The summed E-state index contributed by atoms with van der Waals surface area (Å²) in [6.07, 6.45) is 1.98. The van der Waals surface area contributed by atoms with Crippen LogP contribution in [0, 0.1) is 0 Å². The van der Waals surface area contributed by atoms with Crippen molar-refractivity contribution in [3.8, 4) is 5.75 Å². The topological polar surface area (TPSA) is 50.4 Å². The third-order valence-electron chi connectivity index (χ3n) is 2.89. The van der Waals surface area contributed by atoms with Crippen LogP contribution in [-0.4, -0.2) is 31.6 Å². The van der Waals surface area contributed by atoms with Gasteiger partial charge in [-0.25, -0.2) is 0 Å². The van der Waals surface area contributed by atoms with E-state index in [2.05, 4.69) is 26.6 Å². The van der Waals surface area contributed by atoms with Gasteiger partial charge in [0.15, 0.2) is 6.61 Å². The number of hydrogen-bond acceptors (Lipinski definition) is 3. The number of halogens is 1. The van der Waals surface area contributed by atoms with Gasteiger partial charge < -0.3 is 15.4 Å². The van der Waals surface area contributed by atoms with Gasteiger partial charge in [-0.1, -0.05) is 15.9 Å². The summed E-state index contributed by atoms with van der Waals surface area (Å²) < 4.78 is 6.41. The largest absolute Gasteiger partial charge is 0.484 e. The van der Waals surface area contributed by atoms with Gasteiger partial charge >= 0.3 is 0 Å². The van der Waals surface area contributed by atoms with Crippen molar-refractivity contribution in [1.82, 2.24) is 10.6 Å². The molecule has 18 heavy (non-hydrogen) atoms. The van der Waals surface area contributed by atoms with E-state index in [0.717, 1.165) is 30.4 Å².